The summed E-state index contributed by atoms with van der Waals surface area (Å²) in [4.78, 5) is 24.8. The number of aromatic nitrogens is 2. The lowest BCUT2D eigenvalue weighted by molar-refractivity contribution is -0.119. The van der Waals surface area contributed by atoms with Gasteiger partial charge in [-0.1, -0.05) is 36.4 Å². The number of carbonyl (C=O) groups is 2. The summed E-state index contributed by atoms with van der Waals surface area (Å²) < 4.78 is 0. The molecule has 0 saturated heterocycles. The molecular weight excluding hydrogens is 314 g/mol. The molecule has 124 valence electrons. The van der Waals surface area contributed by atoms with Gasteiger partial charge >= 0.3 is 0 Å². The Bertz CT molecular complexity index is 914. The van der Waals surface area contributed by atoms with Crippen LogP contribution in [0.2, 0.25) is 0 Å². The van der Waals surface area contributed by atoms with Crippen LogP contribution < -0.4 is 5.32 Å². The lowest BCUT2D eigenvalue weighted by atomic mass is 9.82. The molecule has 0 aliphatic heterocycles. The van der Waals surface area contributed by atoms with Gasteiger partial charge in [-0.25, -0.2) is 0 Å². The largest absolute Gasteiger partial charge is 0.326 e. The van der Waals surface area contributed by atoms with Gasteiger partial charge in [0.2, 0.25) is 5.91 Å². The van der Waals surface area contributed by atoms with Gasteiger partial charge in [0.25, 0.3) is 0 Å². The fourth-order valence-corrected chi connectivity index (χ4v) is 3.23. The molecule has 0 bridgehead atoms. The molecule has 0 saturated carbocycles. The zero-order chi connectivity index (χ0) is 17.2. The van der Waals surface area contributed by atoms with E-state index in [1.54, 1.807) is 6.20 Å². The zero-order valence-electron chi connectivity index (χ0n) is 13.5. The van der Waals surface area contributed by atoms with E-state index in [0.717, 1.165) is 27.9 Å². The molecular formula is C20H17N3O2. The monoisotopic (exact) mass is 331 g/mol. The SMILES string of the molecule is O=C1CC(C(=O)Nc2ccc(-c3cn[nH]c3)cc2)Cc2ccccc21. The third-order valence-electron chi connectivity index (χ3n) is 4.57. The quantitative estimate of drug-likeness (QED) is 0.772. The number of ketones is 1. The summed E-state index contributed by atoms with van der Waals surface area (Å²) in [6, 6.07) is 15.1. The van der Waals surface area contributed by atoms with E-state index in [2.05, 4.69) is 15.5 Å². The summed E-state index contributed by atoms with van der Waals surface area (Å²) in [5.41, 5.74) is 4.44. The average Bonchev–Trinajstić information content (AvgIpc) is 3.17. The Labute approximate surface area is 145 Å². The first kappa shape index (κ1) is 15.3. The van der Waals surface area contributed by atoms with Crippen LogP contribution in [0.15, 0.2) is 60.9 Å². The van der Waals surface area contributed by atoms with Crippen molar-refractivity contribution in [2.24, 2.45) is 5.92 Å². The van der Waals surface area contributed by atoms with Gasteiger partial charge in [-0.3, -0.25) is 14.7 Å². The lowest BCUT2D eigenvalue weighted by Crippen LogP contribution is -2.30. The highest BCUT2D eigenvalue weighted by Crippen LogP contribution is 2.27. The van der Waals surface area contributed by atoms with Gasteiger partial charge < -0.3 is 5.32 Å². The minimum absolute atomic E-state index is 0.0392. The Balaban J connectivity index is 1.47. The molecule has 1 aliphatic carbocycles. The summed E-state index contributed by atoms with van der Waals surface area (Å²) in [5, 5.41) is 9.63. The fraction of sp³-hybridized carbons (Fsp3) is 0.150. The van der Waals surface area contributed by atoms with Crippen LogP contribution in [0.4, 0.5) is 5.69 Å². The highest BCUT2D eigenvalue weighted by molar-refractivity contribution is 6.03. The van der Waals surface area contributed by atoms with Crippen molar-refractivity contribution in [1.82, 2.24) is 10.2 Å². The second-order valence-corrected chi connectivity index (χ2v) is 6.24. The van der Waals surface area contributed by atoms with Gasteiger partial charge in [0.15, 0.2) is 5.78 Å². The van der Waals surface area contributed by atoms with Crippen molar-refractivity contribution in [2.45, 2.75) is 12.8 Å². The van der Waals surface area contributed by atoms with E-state index in [9.17, 15) is 9.59 Å². The van der Waals surface area contributed by atoms with Crippen molar-refractivity contribution < 1.29 is 9.59 Å². The van der Waals surface area contributed by atoms with Crippen LogP contribution >= 0.6 is 0 Å². The van der Waals surface area contributed by atoms with Crippen molar-refractivity contribution in [3.63, 3.8) is 0 Å². The summed E-state index contributed by atoms with van der Waals surface area (Å²) in [5.74, 6) is -0.396. The average molecular weight is 331 g/mol. The molecule has 0 spiro atoms. The van der Waals surface area contributed by atoms with E-state index in [1.165, 1.54) is 0 Å². The predicted molar refractivity (Wildman–Crippen MR) is 95.2 cm³/mol. The Morgan fingerprint density at radius 1 is 1.04 bits per heavy atom. The van der Waals surface area contributed by atoms with Crippen molar-refractivity contribution in [3.8, 4) is 11.1 Å². The first-order chi connectivity index (χ1) is 12.2. The van der Waals surface area contributed by atoms with E-state index < -0.39 is 0 Å². The Morgan fingerprint density at radius 3 is 2.60 bits per heavy atom. The highest BCUT2D eigenvalue weighted by atomic mass is 16.2. The number of nitrogens with one attached hydrogen (secondary N) is 2. The molecule has 0 fully saturated rings. The van der Waals surface area contributed by atoms with E-state index in [0.29, 0.717) is 6.42 Å². The summed E-state index contributed by atoms with van der Waals surface area (Å²) in [6.07, 6.45) is 4.42. The second-order valence-electron chi connectivity index (χ2n) is 6.24. The Kier molecular flexibility index (Phi) is 3.90. The van der Waals surface area contributed by atoms with Crippen LogP contribution in [-0.4, -0.2) is 21.9 Å². The molecule has 5 heteroatoms. The molecule has 1 amide bonds. The molecule has 1 atom stereocenters. The number of benzene rings is 2. The first-order valence-electron chi connectivity index (χ1n) is 8.22. The van der Waals surface area contributed by atoms with Gasteiger partial charge in [-0.2, -0.15) is 5.10 Å². The van der Waals surface area contributed by atoms with E-state index in [-0.39, 0.29) is 24.0 Å². The number of hydrogen-bond donors (Lipinski definition) is 2. The zero-order valence-corrected chi connectivity index (χ0v) is 13.5. The van der Waals surface area contributed by atoms with Crippen LogP contribution in [-0.2, 0) is 11.2 Å². The standard InChI is InChI=1S/C20H17N3O2/c24-19-10-15(9-14-3-1-2-4-18(14)19)20(25)23-17-7-5-13(6-8-17)16-11-21-22-12-16/h1-8,11-12,15H,9-10H2,(H,21,22)(H,23,25). The lowest BCUT2D eigenvalue weighted by Gasteiger charge is -2.22. The maximum absolute atomic E-state index is 12.6. The molecule has 4 rings (SSSR count). The molecule has 5 nitrogen and oxygen atoms in total. The van der Waals surface area contributed by atoms with Crippen LogP contribution in [0.3, 0.4) is 0 Å². The normalized spacial score (nSPS) is 16.3. The highest BCUT2D eigenvalue weighted by Gasteiger charge is 2.29. The Morgan fingerprint density at radius 2 is 1.84 bits per heavy atom. The number of amides is 1. The van der Waals surface area contributed by atoms with Gasteiger partial charge in [0, 0.05) is 35.3 Å². The van der Waals surface area contributed by atoms with Gasteiger partial charge in [0.1, 0.15) is 0 Å². The third kappa shape index (κ3) is 3.08. The van der Waals surface area contributed by atoms with Crippen LogP contribution in [0.1, 0.15) is 22.3 Å². The smallest absolute Gasteiger partial charge is 0.228 e. The molecule has 2 N–H and O–H groups in total. The molecule has 1 heterocycles. The fourth-order valence-electron chi connectivity index (χ4n) is 3.23. The van der Waals surface area contributed by atoms with Crippen molar-refractivity contribution in [3.05, 3.63) is 72.1 Å². The number of H-pyrrole nitrogens is 1. The van der Waals surface area contributed by atoms with Gasteiger partial charge in [-0.15, -0.1) is 0 Å². The third-order valence-corrected chi connectivity index (χ3v) is 4.57. The van der Waals surface area contributed by atoms with Crippen LogP contribution in [0, 0.1) is 5.92 Å². The molecule has 1 unspecified atom stereocenters. The first-order valence-corrected chi connectivity index (χ1v) is 8.22. The van der Waals surface area contributed by atoms with Gasteiger partial charge in [-0.05, 0) is 29.7 Å². The molecule has 3 aromatic rings. The Hall–Kier alpha value is -3.21. The molecule has 1 aromatic heterocycles. The number of anilines is 1. The topological polar surface area (TPSA) is 74.8 Å². The predicted octanol–water partition coefficient (Wildman–Crippen LogP) is 3.46. The molecule has 2 aromatic carbocycles. The maximum Gasteiger partial charge on any atom is 0.228 e. The number of rotatable bonds is 3. The van der Waals surface area contributed by atoms with Crippen LogP contribution in [0.5, 0.6) is 0 Å². The van der Waals surface area contributed by atoms with E-state index in [4.69, 9.17) is 0 Å². The summed E-state index contributed by atoms with van der Waals surface area (Å²) in [7, 11) is 0. The minimum atomic E-state index is -0.323. The summed E-state index contributed by atoms with van der Waals surface area (Å²) in [6.45, 7) is 0. The minimum Gasteiger partial charge on any atom is -0.326 e. The molecule has 1 aliphatic rings. The van der Waals surface area contributed by atoms with Crippen molar-refractivity contribution in [1.29, 1.82) is 0 Å². The number of hydrogen-bond acceptors (Lipinski definition) is 3. The van der Waals surface area contributed by atoms with Crippen molar-refractivity contribution >= 4 is 17.4 Å². The van der Waals surface area contributed by atoms with E-state index in [1.807, 2.05) is 54.7 Å². The maximum atomic E-state index is 12.6. The number of fused-ring (bicyclic) bond motifs is 1. The number of nitrogens with zero attached hydrogens (tertiary/aromatic N) is 1. The van der Waals surface area contributed by atoms with Gasteiger partial charge in [0.05, 0.1) is 6.20 Å². The van der Waals surface area contributed by atoms with Crippen LogP contribution in [0.25, 0.3) is 11.1 Å². The number of carbonyl (C=O) groups excluding carboxylic acids is 2. The van der Waals surface area contributed by atoms with E-state index >= 15 is 0 Å². The number of aromatic amines is 1. The molecule has 25 heavy (non-hydrogen) atoms. The summed E-state index contributed by atoms with van der Waals surface area (Å²) >= 11 is 0. The number of Topliss-reactive ketones (excluding diaryl/α,β-unsaturated/α-hetero) is 1. The second kappa shape index (κ2) is 6.36. The van der Waals surface area contributed by atoms with Crippen molar-refractivity contribution in [2.75, 3.05) is 5.32 Å². The molecule has 0 radical (unpaired) electrons.